The van der Waals surface area contributed by atoms with Gasteiger partial charge in [-0.15, -0.1) is 0 Å². The fraction of sp³-hybridized carbons (Fsp3) is 0.300. The highest BCUT2D eigenvalue weighted by Gasteiger charge is 2.23. The van der Waals surface area contributed by atoms with Gasteiger partial charge in [0.1, 0.15) is 0 Å². The van der Waals surface area contributed by atoms with Crippen LogP contribution in [0, 0.1) is 40.5 Å². The van der Waals surface area contributed by atoms with E-state index in [2.05, 4.69) is 21.3 Å². The molecule has 0 aliphatic carbocycles. The van der Waals surface area contributed by atoms with Crippen molar-refractivity contribution < 1.29 is 38.9 Å². The van der Waals surface area contributed by atoms with Crippen LogP contribution >= 0.6 is 0 Å². The molecule has 0 saturated carbocycles. The maximum atomic E-state index is 13.4. The lowest BCUT2D eigenvalue weighted by Crippen LogP contribution is -2.50. The Morgan fingerprint density at radius 2 is 0.500 bits per heavy atom. The summed E-state index contributed by atoms with van der Waals surface area (Å²) in [7, 11) is 0. The molecule has 4 amide bonds. The molecule has 1 aliphatic heterocycles. The second-order valence-electron chi connectivity index (χ2n) is 14.5. The van der Waals surface area contributed by atoms with Crippen LogP contribution in [0.1, 0.15) is 0 Å². The van der Waals surface area contributed by atoms with Crippen molar-refractivity contribution in [2.45, 2.75) is 0 Å². The zero-order valence-electron chi connectivity index (χ0n) is 34.2. The van der Waals surface area contributed by atoms with Gasteiger partial charge in [-0.3, -0.25) is 79.2 Å². The van der Waals surface area contributed by atoms with E-state index in [9.17, 15) is 59.6 Å². The molecule has 24 nitrogen and oxygen atoms in total. The largest absolute Gasteiger partial charge is 0.325 e. The Balaban J connectivity index is 1.34. The number of non-ortho nitro benzene ring substituents is 4. The number of carbonyl (C=O) groups is 4. The summed E-state index contributed by atoms with van der Waals surface area (Å²) in [5.41, 5.74) is 0.711. The van der Waals surface area contributed by atoms with Crippen LogP contribution in [0.25, 0.3) is 0 Å². The quantitative estimate of drug-likeness (QED) is 0.0926. The summed E-state index contributed by atoms with van der Waals surface area (Å²) >= 11 is 0. The van der Waals surface area contributed by atoms with E-state index < -0.39 is 43.3 Å². The molecular formula is C40H44N12O12. The van der Waals surface area contributed by atoms with Crippen LogP contribution < -0.4 is 21.3 Å². The van der Waals surface area contributed by atoms with Gasteiger partial charge in [-0.2, -0.15) is 0 Å². The average Bonchev–Trinajstić information content (AvgIpc) is 3.25. The SMILES string of the molecule is O=C(CN1CCN(CC(=O)Nc2ccc([N+](=O)[O-])cc2)CCN(CC(=O)Nc2ccc([N+](=O)[O-])cc2)CCN(CC(=O)Nc2ccc([N+](=O)[O-])cc2)CC1)Nc1ccc([N+](=O)[O-])cc1. The normalized spacial score (nSPS) is 14.5. The minimum absolute atomic E-state index is 0.141. The van der Waals surface area contributed by atoms with Crippen LogP contribution in [0.2, 0.25) is 0 Å². The molecule has 1 saturated heterocycles. The highest BCUT2D eigenvalue weighted by atomic mass is 16.6. The summed E-state index contributed by atoms with van der Waals surface area (Å²) in [5, 5.41) is 55.4. The van der Waals surface area contributed by atoms with Gasteiger partial charge in [0.05, 0.1) is 45.9 Å². The van der Waals surface area contributed by atoms with Crippen molar-refractivity contribution in [1.29, 1.82) is 0 Å². The molecule has 64 heavy (non-hydrogen) atoms. The summed E-state index contributed by atoms with van der Waals surface area (Å²) in [6.45, 7) is 1.34. The molecule has 0 unspecified atom stereocenters. The van der Waals surface area contributed by atoms with Gasteiger partial charge in [0, 0.05) is 124 Å². The molecule has 24 heteroatoms. The van der Waals surface area contributed by atoms with Crippen LogP contribution in [0.3, 0.4) is 0 Å². The summed E-state index contributed by atoms with van der Waals surface area (Å²) < 4.78 is 0. The molecule has 0 atom stereocenters. The van der Waals surface area contributed by atoms with Gasteiger partial charge in [0.25, 0.3) is 22.7 Å². The maximum Gasteiger partial charge on any atom is 0.269 e. The molecule has 4 aromatic carbocycles. The van der Waals surface area contributed by atoms with E-state index in [1.165, 1.54) is 97.1 Å². The zero-order chi connectivity index (χ0) is 46.2. The Bertz CT molecular complexity index is 1970. The van der Waals surface area contributed by atoms with Crippen molar-refractivity contribution in [3.05, 3.63) is 138 Å². The molecule has 1 fully saturated rings. The predicted molar refractivity (Wildman–Crippen MR) is 233 cm³/mol. The van der Waals surface area contributed by atoms with E-state index >= 15 is 0 Å². The summed E-state index contributed by atoms with van der Waals surface area (Å²) in [5.74, 6) is -1.74. The van der Waals surface area contributed by atoms with Gasteiger partial charge in [0.15, 0.2) is 0 Å². The standard InChI is InChI=1S/C40H44N12O12/c53-37(41-29-1-9-33(10-2-29)49(57)58)25-45-17-19-46(26-38(54)42-30-3-11-34(12-4-30)50(59)60)21-23-48(28-40(56)44-32-7-15-36(16-8-32)52(63)64)24-22-47(20-18-45)27-39(55)43-31-5-13-35(14-6-31)51(61)62/h1-16H,17-28H2,(H,41,53)(H,42,54)(H,43,55)(H,44,56). The van der Waals surface area contributed by atoms with Crippen LogP contribution in [-0.4, -0.2) is 141 Å². The lowest BCUT2D eigenvalue weighted by atomic mass is 10.2. The molecule has 0 radical (unpaired) electrons. The number of hydrogen-bond donors (Lipinski definition) is 4. The van der Waals surface area contributed by atoms with E-state index in [1.807, 2.05) is 19.6 Å². The van der Waals surface area contributed by atoms with Crippen molar-refractivity contribution in [1.82, 2.24) is 19.6 Å². The Hall–Kier alpha value is -7.80. The van der Waals surface area contributed by atoms with Crippen LogP contribution in [0.15, 0.2) is 97.1 Å². The third kappa shape index (κ3) is 15.3. The Labute approximate surface area is 364 Å². The van der Waals surface area contributed by atoms with E-state index in [4.69, 9.17) is 0 Å². The molecule has 4 N–H and O–H groups in total. The van der Waals surface area contributed by atoms with Crippen LogP contribution in [0.5, 0.6) is 0 Å². The van der Waals surface area contributed by atoms with Crippen molar-refractivity contribution in [3.8, 4) is 0 Å². The number of nitro benzene ring substituents is 4. The number of hydrogen-bond acceptors (Lipinski definition) is 16. The minimum Gasteiger partial charge on any atom is -0.325 e. The van der Waals surface area contributed by atoms with Crippen molar-refractivity contribution in [2.24, 2.45) is 0 Å². The number of nitro groups is 4. The second kappa shape index (κ2) is 22.9. The minimum atomic E-state index is -0.562. The van der Waals surface area contributed by atoms with Gasteiger partial charge in [-0.1, -0.05) is 0 Å². The van der Waals surface area contributed by atoms with Crippen LogP contribution in [-0.2, 0) is 19.2 Å². The highest BCUT2D eigenvalue weighted by Crippen LogP contribution is 2.19. The van der Waals surface area contributed by atoms with Crippen molar-refractivity contribution in [2.75, 3.05) is 99.8 Å². The number of nitrogens with one attached hydrogen (secondary N) is 4. The molecule has 0 spiro atoms. The van der Waals surface area contributed by atoms with Gasteiger partial charge in [-0.25, -0.2) is 0 Å². The predicted octanol–water partition coefficient (Wildman–Crippen LogP) is 3.40. The summed E-state index contributed by atoms with van der Waals surface area (Å²) in [6, 6.07) is 21.3. The Kier molecular flexibility index (Phi) is 16.9. The first kappa shape index (κ1) is 47.3. The first-order chi connectivity index (χ1) is 30.6. The lowest BCUT2D eigenvalue weighted by Gasteiger charge is -2.33. The Morgan fingerprint density at radius 1 is 0.344 bits per heavy atom. The van der Waals surface area contributed by atoms with E-state index in [1.54, 1.807) is 0 Å². The first-order valence-corrected chi connectivity index (χ1v) is 19.7. The summed E-state index contributed by atoms with van der Waals surface area (Å²) in [6.07, 6.45) is 0. The number of carbonyl (C=O) groups excluding carboxylic acids is 4. The van der Waals surface area contributed by atoms with Gasteiger partial charge < -0.3 is 21.3 Å². The topological polar surface area (TPSA) is 302 Å². The number of anilines is 4. The molecule has 1 aliphatic rings. The van der Waals surface area contributed by atoms with Gasteiger partial charge in [-0.05, 0) is 48.5 Å². The molecule has 336 valence electrons. The molecule has 0 bridgehead atoms. The third-order valence-corrected chi connectivity index (χ3v) is 9.85. The zero-order valence-corrected chi connectivity index (χ0v) is 34.2. The smallest absolute Gasteiger partial charge is 0.269 e. The monoisotopic (exact) mass is 884 g/mol. The molecule has 4 aromatic rings. The van der Waals surface area contributed by atoms with Gasteiger partial charge >= 0.3 is 0 Å². The lowest BCUT2D eigenvalue weighted by molar-refractivity contribution is -0.385. The van der Waals surface area contributed by atoms with Gasteiger partial charge in [0.2, 0.25) is 23.6 Å². The molecular weight excluding hydrogens is 841 g/mol. The number of benzene rings is 4. The van der Waals surface area contributed by atoms with E-state index in [0.717, 1.165) is 0 Å². The second-order valence-corrected chi connectivity index (χ2v) is 14.5. The van der Waals surface area contributed by atoms with Crippen molar-refractivity contribution in [3.63, 3.8) is 0 Å². The fourth-order valence-corrected chi connectivity index (χ4v) is 6.49. The number of rotatable bonds is 16. The van der Waals surface area contributed by atoms with E-state index in [-0.39, 0.29) is 101 Å². The third-order valence-electron chi connectivity index (χ3n) is 9.85. The first-order valence-electron chi connectivity index (χ1n) is 19.7. The number of nitrogens with zero attached hydrogens (tertiary/aromatic N) is 8. The van der Waals surface area contributed by atoms with Crippen molar-refractivity contribution >= 4 is 69.1 Å². The Morgan fingerprint density at radius 3 is 0.641 bits per heavy atom. The average molecular weight is 885 g/mol. The molecule has 5 rings (SSSR count). The highest BCUT2D eigenvalue weighted by molar-refractivity contribution is 5.94. The fourth-order valence-electron chi connectivity index (χ4n) is 6.49. The van der Waals surface area contributed by atoms with E-state index in [0.29, 0.717) is 22.7 Å². The molecule has 0 aromatic heterocycles. The van der Waals surface area contributed by atoms with Crippen LogP contribution in [0.4, 0.5) is 45.5 Å². The summed E-state index contributed by atoms with van der Waals surface area (Å²) in [4.78, 5) is 103. The maximum absolute atomic E-state index is 13.4. The number of amides is 4. The molecule has 1 heterocycles.